The van der Waals surface area contributed by atoms with E-state index in [4.69, 9.17) is 4.74 Å². The highest BCUT2D eigenvalue weighted by molar-refractivity contribution is 7.90. The summed E-state index contributed by atoms with van der Waals surface area (Å²) >= 11 is 0. The lowest BCUT2D eigenvalue weighted by molar-refractivity contribution is 0.206. The highest BCUT2D eigenvalue weighted by Crippen LogP contribution is 2.33. The topological polar surface area (TPSA) is 64.4 Å². The number of hydrogen-bond donors (Lipinski definition) is 0. The summed E-state index contributed by atoms with van der Waals surface area (Å²) in [5.41, 5.74) is 3.36. The van der Waals surface area contributed by atoms with Crippen LogP contribution in [0.5, 0.6) is 0 Å². The Morgan fingerprint density at radius 2 is 1.76 bits per heavy atom. The molecule has 2 aromatic heterocycles. The van der Waals surface area contributed by atoms with Crippen LogP contribution in [0.1, 0.15) is 18.9 Å². The van der Waals surface area contributed by atoms with E-state index < -0.39 is 10.0 Å². The molecule has 0 unspecified atom stereocenters. The van der Waals surface area contributed by atoms with Gasteiger partial charge in [0.15, 0.2) is 0 Å². The predicted molar refractivity (Wildman–Crippen MR) is 155 cm³/mol. The van der Waals surface area contributed by atoms with Crippen molar-refractivity contribution in [2.24, 2.45) is 0 Å². The smallest absolute Gasteiger partial charge is 0.268 e. The first-order chi connectivity index (χ1) is 18.3. The zero-order valence-corrected chi connectivity index (χ0v) is 22.9. The molecule has 0 aliphatic carbocycles. The lowest BCUT2D eigenvalue weighted by atomic mass is 10.1. The van der Waals surface area contributed by atoms with Gasteiger partial charge in [-0.1, -0.05) is 49.1 Å². The van der Waals surface area contributed by atoms with Gasteiger partial charge in [0.25, 0.3) is 10.0 Å². The molecule has 0 aliphatic rings. The molecule has 0 saturated carbocycles. The summed E-state index contributed by atoms with van der Waals surface area (Å²) < 4.78 is 34.8. The monoisotopic (exact) mass is 527 g/mol. The number of para-hydroxylation sites is 1. The third kappa shape index (κ3) is 6.13. The second-order valence-electron chi connectivity index (χ2n) is 9.19. The Bertz CT molecular complexity index is 1580. The molecule has 0 bridgehead atoms. The highest BCUT2D eigenvalue weighted by atomic mass is 32.2. The Morgan fingerprint density at radius 1 is 1.03 bits per heavy atom. The van der Waals surface area contributed by atoms with E-state index in [9.17, 15) is 8.42 Å². The number of allylic oxidation sites excluding steroid dienone is 4. The maximum absolute atomic E-state index is 13.8. The summed E-state index contributed by atoms with van der Waals surface area (Å²) in [4.78, 5) is 6.77. The normalized spacial score (nSPS) is 12.5. The van der Waals surface area contributed by atoms with Crippen molar-refractivity contribution in [1.29, 1.82) is 0 Å². The molecule has 38 heavy (non-hydrogen) atoms. The van der Waals surface area contributed by atoms with Crippen molar-refractivity contribution >= 4 is 26.5 Å². The average molecular weight is 528 g/mol. The van der Waals surface area contributed by atoms with Crippen molar-refractivity contribution in [3.8, 4) is 11.3 Å². The summed E-state index contributed by atoms with van der Waals surface area (Å²) in [6.45, 7) is 7.73. The SMILES string of the molecule is C=C(/C=C\C(=C/C)OCCCN(C)C)c1cncc(-c2cc3ccccc3n2S(=O)(=O)c2ccccc2)c1. The lowest BCUT2D eigenvalue weighted by Gasteiger charge is -2.13. The van der Waals surface area contributed by atoms with E-state index in [-0.39, 0.29) is 4.90 Å². The maximum Gasteiger partial charge on any atom is 0.268 e. The molecule has 0 fully saturated rings. The van der Waals surface area contributed by atoms with Gasteiger partial charge in [-0.25, -0.2) is 12.4 Å². The third-order valence-electron chi connectivity index (χ3n) is 6.10. The minimum absolute atomic E-state index is 0.225. The Hall–Kier alpha value is -3.94. The van der Waals surface area contributed by atoms with Crippen molar-refractivity contribution < 1.29 is 13.2 Å². The number of rotatable bonds is 11. The fraction of sp³-hybridized carbons (Fsp3) is 0.194. The molecule has 0 saturated heterocycles. The summed E-state index contributed by atoms with van der Waals surface area (Å²) in [6.07, 6.45) is 10.0. The molecule has 0 aliphatic heterocycles. The molecule has 0 N–H and O–H groups in total. The molecule has 196 valence electrons. The van der Waals surface area contributed by atoms with Gasteiger partial charge in [0.05, 0.1) is 22.7 Å². The van der Waals surface area contributed by atoms with E-state index in [1.807, 2.05) is 75.6 Å². The quantitative estimate of drug-likeness (QED) is 0.129. The third-order valence-corrected chi connectivity index (χ3v) is 7.85. The molecule has 7 heteroatoms. The van der Waals surface area contributed by atoms with Gasteiger partial charge in [0.2, 0.25) is 0 Å². The summed E-state index contributed by atoms with van der Waals surface area (Å²) in [5, 5.41) is 0.829. The molecular formula is C31H33N3O3S. The van der Waals surface area contributed by atoms with Crippen LogP contribution in [0.4, 0.5) is 0 Å². The Labute approximate surface area is 225 Å². The second kappa shape index (κ2) is 12.1. The zero-order chi connectivity index (χ0) is 27.1. The van der Waals surface area contributed by atoms with Crippen LogP contribution < -0.4 is 0 Å². The second-order valence-corrected chi connectivity index (χ2v) is 11.0. The summed E-state index contributed by atoms with van der Waals surface area (Å²) in [6, 6.07) is 19.7. The molecule has 2 heterocycles. The Kier molecular flexibility index (Phi) is 8.61. The van der Waals surface area contributed by atoms with Crippen molar-refractivity contribution in [2.45, 2.75) is 18.2 Å². The van der Waals surface area contributed by atoms with Gasteiger partial charge in [-0.2, -0.15) is 0 Å². The number of hydrogen-bond acceptors (Lipinski definition) is 5. The van der Waals surface area contributed by atoms with Crippen LogP contribution >= 0.6 is 0 Å². The molecule has 4 aromatic rings. The van der Waals surface area contributed by atoms with Crippen molar-refractivity contribution in [3.05, 3.63) is 115 Å². The summed E-state index contributed by atoms with van der Waals surface area (Å²) in [5.74, 6) is 0.767. The van der Waals surface area contributed by atoms with E-state index in [0.29, 0.717) is 23.4 Å². The van der Waals surface area contributed by atoms with Crippen molar-refractivity contribution in [3.63, 3.8) is 0 Å². The summed E-state index contributed by atoms with van der Waals surface area (Å²) in [7, 11) is 0.232. The fourth-order valence-electron chi connectivity index (χ4n) is 4.12. The molecule has 0 radical (unpaired) electrons. The Morgan fingerprint density at radius 3 is 2.50 bits per heavy atom. The Balaban J connectivity index is 1.66. The van der Waals surface area contributed by atoms with E-state index in [1.165, 1.54) is 3.97 Å². The first-order valence-corrected chi connectivity index (χ1v) is 13.9. The van der Waals surface area contributed by atoms with Crippen LogP contribution in [0.25, 0.3) is 27.7 Å². The molecule has 0 spiro atoms. The van der Waals surface area contributed by atoms with Crippen LogP contribution in [0, 0.1) is 0 Å². The van der Waals surface area contributed by atoms with Gasteiger partial charge in [0, 0.05) is 35.5 Å². The lowest BCUT2D eigenvalue weighted by Crippen LogP contribution is -2.14. The van der Waals surface area contributed by atoms with Gasteiger partial charge in [-0.15, -0.1) is 0 Å². The van der Waals surface area contributed by atoms with E-state index in [0.717, 1.165) is 35.2 Å². The standard InChI is InChI=1S/C31H33N3O3S/c1-5-28(37-19-11-18-33(3)4)17-16-24(2)26-20-27(23-32-22-26)31-21-25-12-9-10-15-30(25)34(31)38(35,36)29-13-7-6-8-14-29/h5-10,12-17,20-23H,2,11,18-19H2,1,3-4H3/b17-16-,28-5+. The van der Waals surface area contributed by atoms with E-state index >= 15 is 0 Å². The number of nitrogens with zero attached hydrogens (tertiary/aromatic N) is 3. The van der Waals surface area contributed by atoms with Gasteiger partial charge in [0.1, 0.15) is 5.76 Å². The molecular weight excluding hydrogens is 494 g/mol. The molecule has 4 rings (SSSR count). The van der Waals surface area contributed by atoms with Crippen molar-refractivity contribution in [1.82, 2.24) is 13.9 Å². The van der Waals surface area contributed by atoms with Gasteiger partial charge in [-0.3, -0.25) is 4.98 Å². The largest absolute Gasteiger partial charge is 0.494 e. The number of ether oxygens (including phenoxy) is 1. The van der Waals surface area contributed by atoms with E-state index in [1.54, 1.807) is 42.7 Å². The van der Waals surface area contributed by atoms with Gasteiger partial charge in [-0.05, 0) is 75.5 Å². The minimum Gasteiger partial charge on any atom is -0.494 e. The first kappa shape index (κ1) is 27.1. The van der Waals surface area contributed by atoms with Crippen molar-refractivity contribution in [2.75, 3.05) is 27.2 Å². The molecule has 2 aromatic carbocycles. The van der Waals surface area contributed by atoms with Crippen LogP contribution in [0.15, 0.2) is 115 Å². The number of aromatic nitrogens is 2. The van der Waals surface area contributed by atoms with Crippen LogP contribution in [0.3, 0.4) is 0 Å². The van der Waals surface area contributed by atoms with Crippen LogP contribution in [0.2, 0.25) is 0 Å². The van der Waals surface area contributed by atoms with Crippen LogP contribution in [-0.2, 0) is 14.8 Å². The average Bonchev–Trinajstić information content (AvgIpc) is 3.33. The molecule has 6 nitrogen and oxygen atoms in total. The van der Waals surface area contributed by atoms with Crippen LogP contribution in [-0.4, -0.2) is 49.5 Å². The number of fused-ring (bicyclic) bond motifs is 1. The molecule has 0 amide bonds. The molecule has 0 atom stereocenters. The maximum atomic E-state index is 13.8. The zero-order valence-electron chi connectivity index (χ0n) is 22.0. The fourth-order valence-corrected chi connectivity index (χ4v) is 5.67. The van der Waals surface area contributed by atoms with Gasteiger partial charge < -0.3 is 9.64 Å². The first-order valence-electron chi connectivity index (χ1n) is 12.5. The highest BCUT2D eigenvalue weighted by Gasteiger charge is 2.24. The number of benzene rings is 2. The minimum atomic E-state index is -3.85. The van der Waals surface area contributed by atoms with E-state index in [2.05, 4.69) is 16.5 Å². The predicted octanol–water partition coefficient (Wildman–Crippen LogP) is 6.38. The number of pyridine rings is 1. The van der Waals surface area contributed by atoms with Gasteiger partial charge >= 0.3 is 0 Å².